The Bertz CT molecular complexity index is 616. The third-order valence-corrected chi connectivity index (χ3v) is 4.44. The van der Waals surface area contributed by atoms with Gasteiger partial charge in [-0.3, -0.25) is 4.79 Å². The van der Waals surface area contributed by atoms with Gasteiger partial charge in [-0.15, -0.1) is 0 Å². The minimum atomic E-state index is -0.630. The maximum absolute atomic E-state index is 13.0. The summed E-state index contributed by atoms with van der Waals surface area (Å²) in [6.07, 6.45) is 2.81. The van der Waals surface area contributed by atoms with Crippen LogP contribution in [0.4, 0.5) is 0 Å². The molecule has 0 radical (unpaired) electrons. The number of rotatable bonds is 6. The molecule has 1 atom stereocenters. The van der Waals surface area contributed by atoms with E-state index in [-0.39, 0.29) is 17.5 Å². The van der Waals surface area contributed by atoms with Crippen molar-refractivity contribution < 1.29 is 19.1 Å². The Morgan fingerprint density at radius 3 is 2.61 bits per heavy atom. The van der Waals surface area contributed by atoms with Gasteiger partial charge in [0, 0.05) is 6.42 Å². The van der Waals surface area contributed by atoms with Gasteiger partial charge in [-0.2, -0.15) is 0 Å². The molecule has 4 nitrogen and oxygen atoms in total. The Hall–Kier alpha value is -1.84. The largest absolute Gasteiger partial charge is 0.496 e. The smallest absolute Gasteiger partial charge is 0.177 e. The van der Waals surface area contributed by atoms with Crippen LogP contribution in [0.15, 0.2) is 12.1 Å². The molecular formula is C19H26O4. The fourth-order valence-electron chi connectivity index (χ4n) is 3.23. The molecule has 0 aliphatic carbocycles. The second kappa shape index (κ2) is 6.73. The van der Waals surface area contributed by atoms with Crippen molar-refractivity contribution in [2.24, 2.45) is 5.92 Å². The molecule has 126 valence electrons. The first-order valence-corrected chi connectivity index (χ1v) is 8.23. The van der Waals surface area contributed by atoms with Crippen LogP contribution in [0.25, 0.3) is 0 Å². The molecule has 1 heterocycles. The van der Waals surface area contributed by atoms with Crippen LogP contribution in [0.3, 0.4) is 0 Å². The monoisotopic (exact) mass is 318 g/mol. The zero-order valence-electron chi connectivity index (χ0n) is 14.7. The molecule has 23 heavy (non-hydrogen) atoms. The first kappa shape index (κ1) is 17.5. The van der Waals surface area contributed by atoms with Gasteiger partial charge in [0.15, 0.2) is 5.78 Å². The molecule has 0 fully saturated rings. The van der Waals surface area contributed by atoms with E-state index < -0.39 is 5.60 Å². The topological polar surface area (TPSA) is 52.6 Å². The lowest BCUT2D eigenvalue weighted by atomic mass is 9.78. The number of carbonyl (C=O) groups is 2. The molecule has 1 unspecified atom stereocenters. The molecule has 0 bridgehead atoms. The van der Waals surface area contributed by atoms with Gasteiger partial charge in [0.05, 0.1) is 13.0 Å². The van der Waals surface area contributed by atoms with Crippen molar-refractivity contribution in [1.29, 1.82) is 0 Å². The number of carbonyl (C=O) groups excluding carboxylic acids is 2. The highest BCUT2D eigenvalue weighted by Gasteiger charge is 2.44. The van der Waals surface area contributed by atoms with E-state index in [0.717, 1.165) is 18.4 Å². The number of fused-ring (bicyclic) bond motifs is 1. The molecule has 1 aromatic carbocycles. The van der Waals surface area contributed by atoms with E-state index in [2.05, 4.69) is 6.92 Å². The van der Waals surface area contributed by atoms with Crippen molar-refractivity contribution >= 4 is 11.6 Å². The highest BCUT2D eigenvalue weighted by molar-refractivity contribution is 6.04. The van der Waals surface area contributed by atoms with Gasteiger partial charge in [0.1, 0.15) is 28.4 Å². The van der Waals surface area contributed by atoms with E-state index in [1.54, 1.807) is 14.0 Å². The Kier molecular flexibility index (Phi) is 5.12. The number of benzene rings is 1. The van der Waals surface area contributed by atoms with Gasteiger partial charge in [-0.05, 0) is 51.3 Å². The number of ether oxygens (including phenoxy) is 2. The maximum Gasteiger partial charge on any atom is 0.177 e. The standard InChI is InChI=1S/C19H26O4/c1-6-7-13-10-15(22-5)17-16(11-13)23-19(3,4)14(18(17)21)9-8-12(2)20/h10-11,14H,6-9H2,1-5H3. The van der Waals surface area contributed by atoms with Crippen LogP contribution in [-0.4, -0.2) is 24.3 Å². The molecule has 4 heteroatoms. The number of Topliss-reactive ketones (excluding diaryl/α,β-unsaturated/α-hetero) is 2. The summed E-state index contributed by atoms with van der Waals surface area (Å²) in [5, 5.41) is 0. The van der Waals surface area contributed by atoms with Crippen LogP contribution in [0, 0.1) is 5.92 Å². The first-order chi connectivity index (χ1) is 10.8. The summed E-state index contributed by atoms with van der Waals surface area (Å²) in [6.45, 7) is 7.49. The van der Waals surface area contributed by atoms with E-state index in [0.29, 0.717) is 29.9 Å². The number of ketones is 2. The molecule has 0 spiro atoms. The summed E-state index contributed by atoms with van der Waals surface area (Å²) in [5.74, 6) is 0.924. The molecule has 1 aromatic rings. The Morgan fingerprint density at radius 2 is 2.04 bits per heavy atom. The fraction of sp³-hybridized carbons (Fsp3) is 0.579. The minimum absolute atomic E-state index is 0.0115. The summed E-state index contributed by atoms with van der Waals surface area (Å²) in [5.41, 5.74) is 0.990. The van der Waals surface area contributed by atoms with Crippen LogP contribution in [-0.2, 0) is 11.2 Å². The summed E-state index contributed by atoms with van der Waals surface area (Å²) >= 11 is 0. The van der Waals surface area contributed by atoms with Gasteiger partial charge < -0.3 is 14.3 Å². The molecule has 1 aliphatic rings. The number of methoxy groups -OCH3 is 1. The van der Waals surface area contributed by atoms with Gasteiger partial charge >= 0.3 is 0 Å². The Morgan fingerprint density at radius 1 is 1.35 bits per heavy atom. The quantitative estimate of drug-likeness (QED) is 0.796. The number of aryl methyl sites for hydroxylation is 1. The molecule has 1 aliphatic heterocycles. The second-order valence-electron chi connectivity index (χ2n) is 6.78. The molecular weight excluding hydrogens is 292 g/mol. The molecule has 0 amide bonds. The van der Waals surface area contributed by atoms with Crippen LogP contribution < -0.4 is 9.47 Å². The molecule has 0 N–H and O–H groups in total. The number of hydrogen-bond acceptors (Lipinski definition) is 4. The van der Waals surface area contributed by atoms with Crippen molar-refractivity contribution in [2.75, 3.05) is 7.11 Å². The van der Waals surface area contributed by atoms with E-state index in [1.807, 2.05) is 26.0 Å². The van der Waals surface area contributed by atoms with Crippen molar-refractivity contribution in [3.8, 4) is 11.5 Å². The molecule has 2 rings (SSSR count). The average Bonchev–Trinajstić information content (AvgIpc) is 2.44. The van der Waals surface area contributed by atoms with Crippen molar-refractivity contribution in [1.82, 2.24) is 0 Å². The van der Waals surface area contributed by atoms with Gasteiger partial charge in [0.25, 0.3) is 0 Å². The highest BCUT2D eigenvalue weighted by Crippen LogP contribution is 2.43. The third-order valence-electron chi connectivity index (χ3n) is 4.44. The number of hydrogen-bond donors (Lipinski definition) is 0. The average molecular weight is 318 g/mol. The first-order valence-electron chi connectivity index (χ1n) is 8.23. The van der Waals surface area contributed by atoms with Crippen molar-refractivity contribution in [2.45, 2.75) is 59.0 Å². The maximum atomic E-state index is 13.0. The molecule has 0 saturated carbocycles. The predicted octanol–water partition coefficient (Wildman–Crippen LogP) is 3.99. The van der Waals surface area contributed by atoms with Crippen molar-refractivity contribution in [3.05, 3.63) is 23.3 Å². The van der Waals surface area contributed by atoms with E-state index in [9.17, 15) is 9.59 Å². The second-order valence-corrected chi connectivity index (χ2v) is 6.78. The van der Waals surface area contributed by atoms with Crippen LogP contribution in [0.2, 0.25) is 0 Å². The van der Waals surface area contributed by atoms with Crippen LogP contribution in [0.1, 0.15) is 62.9 Å². The van der Waals surface area contributed by atoms with Gasteiger partial charge in [-0.1, -0.05) is 13.3 Å². The Labute approximate surface area is 138 Å². The minimum Gasteiger partial charge on any atom is -0.496 e. The highest BCUT2D eigenvalue weighted by atomic mass is 16.5. The molecule has 0 saturated heterocycles. The van der Waals surface area contributed by atoms with Crippen LogP contribution >= 0.6 is 0 Å². The van der Waals surface area contributed by atoms with Crippen molar-refractivity contribution in [3.63, 3.8) is 0 Å². The lowest BCUT2D eigenvalue weighted by Gasteiger charge is -2.39. The van der Waals surface area contributed by atoms with Gasteiger partial charge in [-0.25, -0.2) is 0 Å². The lowest BCUT2D eigenvalue weighted by Crippen LogP contribution is -2.46. The third kappa shape index (κ3) is 3.57. The van der Waals surface area contributed by atoms with E-state index >= 15 is 0 Å². The van der Waals surface area contributed by atoms with Crippen LogP contribution in [0.5, 0.6) is 11.5 Å². The predicted molar refractivity (Wildman–Crippen MR) is 89.4 cm³/mol. The zero-order valence-corrected chi connectivity index (χ0v) is 14.7. The zero-order chi connectivity index (χ0) is 17.2. The normalized spacial score (nSPS) is 19.0. The molecule has 0 aromatic heterocycles. The summed E-state index contributed by atoms with van der Waals surface area (Å²) in [4.78, 5) is 24.3. The summed E-state index contributed by atoms with van der Waals surface area (Å²) in [7, 11) is 1.57. The van der Waals surface area contributed by atoms with E-state index in [4.69, 9.17) is 9.47 Å². The summed E-state index contributed by atoms with van der Waals surface area (Å²) < 4.78 is 11.6. The summed E-state index contributed by atoms with van der Waals surface area (Å²) in [6, 6.07) is 3.87. The Balaban J connectivity index is 2.45. The van der Waals surface area contributed by atoms with E-state index in [1.165, 1.54) is 0 Å². The fourth-order valence-corrected chi connectivity index (χ4v) is 3.23. The lowest BCUT2D eigenvalue weighted by molar-refractivity contribution is -0.117. The SMILES string of the molecule is CCCc1cc(OC)c2c(c1)OC(C)(C)C(CCC(C)=O)C2=O. The van der Waals surface area contributed by atoms with Gasteiger partial charge in [0.2, 0.25) is 0 Å².